The van der Waals surface area contributed by atoms with E-state index < -0.39 is 0 Å². The Morgan fingerprint density at radius 1 is 1.21 bits per heavy atom. The van der Waals surface area contributed by atoms with Gasteiger partial charge < -0.3 is 14.5 Å². The van der Waals surface area contributed by atoms with E-state index in [9.17, 15) is 9.59 Å². The molecule has 1 saturated heterocycles. The molecule has 5 heteroatoms. The van der Waals surface area contributed by atoms with Crippen LogP contribution in [0.2, 0.25) is 0 Å². The average molecular weight is 332 g/mol. The maximum absolute atomic E-state index is 13.0. The van der Waals surface area contributed by atoms with Gasteiger partial charge in [-0.2, -0.15) is 0 Å². The number of hydrogen-bond acceptors (Lipinski definition) is 3. The number of ether oxygens (including phenoxy) is 1. The van der Waals surface area contributed by atoms with Crippen molar-refractivity contribution in [1.29, 1.82) is 0 Å². The average Bonchev–Trinajstić information content (AvgIpc) is 2.62. The van der Waals surface area contributed by atoms with Crippen molar-refractivity contribution in [2.45, 2.75) is 39.7 Å². The lowest BCUT2D eigenvalue weighted by atomic mass is 9.83. The van der Waals surface area contributed by atoms with Crippen molar-refractivity contribution in [1.82, 2.24) is 9.80 Å². The predicted molar refractivity (Wildman–Crippen MR) is 93.8 cm³/mol. The Hall–Kier alpha value is -2.04. The molecule has 0 N–H and O–H groups in total. The second-order valence-electron chi connectivity index (χ2n) is 6.05. The Morgan fingerprint density at radius 3 is 2.33 bits per heavy atom. The van der Waals surface area contributed by atoms with Gasteiger partial charge in [0.1, 0.15) is 5.75 Å². The van der Waals surface area contributed by atoms with Gasteiger partial charge in [-0.05, 0) is 44.9 Å². The van der Waals surface area contributed by atoms with Crippen LogP contribution < -0.4 is 4.74 Å². The largest absolute Gasteiger partial charge is 0.497 e. The summed E-state index contributed by atoms with van der Waals surface area (Å²) in [7, 11) is 1.63. The van der Waals surface area contributed by atoms with E-state index in [-0.39, 0.29) is 23.8 Å². The van der Waals surface area contributed by atoms with E-state index in [4.69, 9.17) is 4.74 Å². The maximum Gasteiger partial charge on any atom is 0.228 e. The third-order valence-corrected chi connectivity index (χ3v) is 4.90. The number of hydrogen-bond donors (Lipinski definition) is 0. The zero-order valence-corrected chi connectivity index (χ0v) is 15.1. The summed E-state index contributed by atoms with van der Waals surface area (Å²) in [4.78, 5) is 29.1. The SMILES string of the molecule is CCN(CC)C(=O)[C@@H]1CCC(=O)N(CC)[C@H]1c1ccc(OC)cc1. The van der Waals surface area contributed by atoms with Gasteiger partial charge in [-0.15, -0.1) is 0 Å². The van der Waals surface area contributed by atoms with Gasteiger partial charge in [0.2, 0.25) is 11.8 Å². The summed E-state index contributed by atoms with van der Waals surface area (Å²) in [5.41, 5.74) is 0.996. The third-order valence-electron chi connectivity index (χ3n) is 4.90. The molecule has 132 valence electrons. The lowest BCUT2D eigenvalue weighted by Gasteiger charge is -2.41. The number of likely N-dealkylation sites (tertiary alicyclic amines) is 1. The Bertz CT molecular complexity index is 566. The number of methoxy groups -OCH3 is 1. The smallest absolute Gasteiger partial charge is 0.228 e. The minimum Gasteiger partial charge on any atom is -0.497 e. The highest BCUT2D eigenvalue weighted by Crippen LogP contribution is 2.38. The first-order chi connectivity index (χ1) is 11.6. The maximum atomic E-state index is 13.0. The molecule has 1 aromatic rings. The molecule has 1 fully saturated rings. The van der Waals surface area contributed by atoms with E-state index in [0.29, 0.717) is 32.5 Å². The molecule has 0 radical (unpaired) electrons. The first-order valence-corrected chi connectivity index (χ1v) is 8.79. The monoisotopic (exact) mass is 332 g/mol. The first-order valence-electron chi connectivity index (χ1n) is 8.79. The van der Waals surface area contributed by atoms with Gasteiger partial charge >= 0.3 is 0 Å². The number of amides is 2. The Labute approximate surface area is 144 Å². The number of benzene rings is 1. The van der Waals surface area contributed by atoms with E-state index in [1.165, 1.54) is 0 Å². The summed E-state index contributed by atoms with van der Waals surface area (Å²) in [6, 6.07) is 7.51. The normalized spacial score (nSPS) is 20.8. The van der Waals surface area contributed by atoms with Crippen LogP contribution in [0.1, 0.15) is 45.2 Å². The van der Waals surface area contributed by atoms with Crippen molar-refractivity contribution in [2.24, 2.45) is 5.92 Å². The molecule has 1 heterocycles. The van der Waals surface area contributed by atoms with Gasteiger partial charge in [0.25, 0.3) is 0 Å². The first kappa shape index (κ1) is 18.3. The molecule has 2 amide bonds. The second kappa shape index (κ2) is 8.18. The quantitative estimate of drug-likeness (QED) is 0.805. The number of rotatable bonds is 6. The van der Waals surface area contributed by atoms with Crippen LogP contribution in [0.25, 0.3) is 0 Å². The van der Waals surface area contributed by atoms with Crippen molar-refractivity contribution >= 4 is 11.8 Å². The lowest BCUT2D eigenvalue weighted by molar-refractivity contribution is -0.147. The van der Waals surface area contributed by atoms with Crippen LogP contribution >= 0.6 is 0 Å². The highest BCUT2D eigenvalue weighted by atomic mass is 16.5. The standard InChI is InChI=1S/C19H28N2O3/c1-5-20(6-2)19(23)16-12-13-17(22)21(7-3)18(16)14-8-10-15(24-4)11-9-14/h8-11,16,18H,5-7,12-13H2,1-4H3/t16-,18+/m1/s1. The van der Waals surface area contributed by atoms with Crippen molar-refractivity contribution < 1.29 is 14.3 Å². The number of carbonyl (C=O) groups excluding carboxylic acids is 2. The second-order valence-corrected chi connectivity index (χ2v) is 6.05. The van der Waals surface area contributed by atoms with Gasteiger partial charge in [-0.1, -0.05) is 12.1 Å². The van der Waals surface area contributed by atoms with E-state index >= 15 is 0 Å². The van der Waals surface area contributed by atoms with Gasteiger partial charge in [0.15, 0.2) is 0 Å². The minimum atomic E-state index is -0.199. The topological polar surface area (TPSA) is 49.9 Å². The number of carbonyl (C=O) groups is 2. The summed E-state index contributed by atoms with van der Waals surface area (Å²) in [5.74, 6) is 0.861. The summed E-state index contributed by atoms with van der Waals surface area (Å²) in [6.45, 7) is 7.96. The summed E-state index contributed by atoms with van der Waals surface area (Å²) in [5, 5.41) is 0. The Kier molecular flexibility index (Phi) is 6.23. The van der Waals surface area contributed by atoms with E-state index in [1.807, 2.05) is 54.8 Å². The minimum absolute atomic E-state index is 0.127. The van der Waals surface area contributed by atoms with Crippen LogP contribution in [-0.4, -0.2) is 48.4 Å². The number of nitrogens with zero attached hydrogens (tertiary/aromatic N) is 2. The highest BCUT2D eigenvalue weighted by Gasteiger charge is 2.41. The zero-order chi connectivity index (χ0) is 17.7. The highest BCUT2D eigenvalue weighted by molar-refractivity contribution is 5.85. The zero-order valence-electron chi connectivity index (χ0n) is 15.1. The lowest BCUT2D eigenvalue weighted by Crippen LogP contribution is -2.49. The summed E-state index contributed by atoms with van der Waals surface area (Å²) >= 11 is 0. The predicted octanol–water partition coefficient (Wildman–Crippen LogP) is 2.86. The van der Waals surface area contributed by atoms with Gasteiger partial charge in [0, 0.05) is 26.1 Å². The van der Waals surface area contributed by atoms with Gasteiger partial charge in [0.05, 0.1) is 19.1 Å². The van der Waals surface area contributed by atoms with Crippen molar-refractivity contribution in [3.63, 3.8) is 0 Å². The van der Waals surface area contributed by atoms with E-state index in [1.54, 1.807) is 7.11 Å². The molecule has 5 nitrogen and oxygen atoms in total. The molecule has 1 aromatic carbocycles. The molecule has 2 atom stereocenters. The fourth-order valence-corrected chi connectivity index (χ4v) is 3.57. The molecule has 0 aromatic heterocycles. The van der Waals surface area contributed by atoms with Crippen LogP contribution in [0.15, 0.2) is 24.3 Å². The fourth-order valence-electron chi connectivity index (χ4n) is 3.57. The van der Waals surface area contributed by atoms with Crippen molar-refractivity contribution in [3.05, 3.63) is 29.8 Å². The Morgan fingerprint density at radius 2 is 1.83 bits per heavy atom. The molecule has 1 aliphatic rings. The van der Waals surface area contributed by atoms with Gasteiger partial charge in [-0.3, -0.25) is 9.59 Å². The van der Waals surface area contributed by atoms with Crippen LogP contribution in [-0.2, 0) is 9.59 Å². The number of piperidine rings is 1. The van der Waals surface area contributed by atoms with Crippen molar-refractivity contribution in [2.75, 3.05) is 26.7 Å². The third kappa shape index (κ3) is 3.55. The Balaban J connectivity index is 2.39. The summed E-state index contributed by atoms with van der Waals surface area (Å²) < 4.78 is 5.22. The van der Waals surface area contributed by atoms with Crippen LogP contribution in [0.4, 0.5) is 0 Å². The van der Waals surface area contributed by atoms with E-state index in [2.05, 4.69) is 0 Å². The van der Waals surface area contributed by atoms with Crippen molar-refractivity contribution in [3.8, 4) is 5.75 Å². The molecule has 1 aliphatic heterocycles. The fraction of sp³-hybridized carbons (Fsp3) is 0.579. The molecule has 0 aliphatic carbocycles. The van der Waals surface area contributed by atoms with E-state index in [0.717, 1.165) is 11.3 Å². The molecular weight excluding hydrogens is 304 g/mol. The van der Waals surface area contributed by atoms with Gasteiger partial charge in [-0.25, -0.2) is 0 Å². The summed E-state index contributed by atoms with van der Waals surface area (Å²) in [6.07, 6.45) is 1.06. The molecule has 0 saturated carbocycles. The van der Waals surface area contributed by atoms with Crippen LogP contribution in [0.3, 0.4) is 0 Å². The molecule has 0 spiro atoms. The van der Waals surface area contributed by atoms with Crippen LogP contribution in [0.5, 0.6) is 5.75 Å². The van der Waals surface area contributed by atoms with Crippen LogP contribution in [0, 0.1) is 5.92 Å². The molecule has 2 rings (SSSR count). The molecule has 24 heavy (non-hydrogen) atoms. The molecule has 0 unspecified atom stereocenters. The molecule has 0 bridgehead atoms. The molecular formula is C19H28N2O3.